The molecule has 0 radical (unpaired) electrons. The number of fused-ring (bicyclic) bond motifs is 1. The molecule has 2 aliphatic rings. The maximum Gasteiger partial charge on any atom is 0.156 e. The van der Waals surface area contributed by atoms with E-state index in [2.05, 4.69) is 19.1 Å². The molecule has 2 nitrogen and oxygen atoms in total. The van der Waals surface area contributed by atoms with Crippen LogP contribution < -0.4 is 0 Å². The molecule has 0 saturated carbocycles. The Balaban J connectivity index is 2.28. The maximum atomic E-state index is 9.48. The van der Waals surface area contributed by atoms with Gasteiger partial charge in [-0.05, 0) is 19.3 Å². The van der Waals surface area contributed by atoms with Crippen LogP contribution in [0.3, 0.4) is 0 Å². The fraction of sp³-hybridized carbons (Fsp3) is 0.800. The molecule has 1 aliphatic carbocycles. The highest BCUT2D eigenvalue weighted by Crippen LogP contribution is 2.53. The molecular weight excluding hydrogens is 152 g/mol. The van der Waals surface area contributed by atoms with E-state index in [9.17, 15) is 5.11 Å². The van der Waals surface area contributed by atoms with Crippen LogP contribution in [0.4, 0.5) is 0 Å². The molecule has 2 rings (SSSR count). The minimum absolute atomic E-state index is 0.168. The molecular formula is C10H16O2. The van der Waals surface area contributed by atoms with Gasteiger partial charge in [-0.2, -0.15) is 0 Å². The van der Waals surface area contributed by atoms with Gasteiger partial charge in [0.05, 0.1) is 5.60 Å². The van der Waals surface area contributed by atoms with E-state index in [4.69, 9.17) is 4.74 Å². The first-order valence-corrected chi connectivity index (χ1v) is 4.49. The molecule has 1 heterocycles. The Labute approximate surface area is 73.2 Å². The molecule has 3 atom stereocenters. The Morgan fingerprint density at radius 1 is 1.42 bits per heavy atom. The molecule has 1 aliphatic heterocycles. The third-order valence-electron chi connectivity index (χ3n) is 3.18. The number of aliphatic hydroxyl groups is 1. The molecule has 12 heavy (non-hydrogen) atoms. The van der Waals surface area contributed by atoms with Crippen molar-refractivity contribution in [1.82, 2.24) is 0 Å². The Morgan fingerprint density at radius 3 is 2.50 bits per heavy atom. The van der Waals surface area contributed by atoms with Gasteiger partial charge in [-0.25, -0.2) is 0 Å². The van der Waals surface area contributed by atoms with Crippen LogP contribution in [0.15, 0.2) is 12.2 Å². The van der Waals surface area contributed by atoms with Gasteiger partial charge in [0.1, 0.15) is 0 Å². The molecule has 0 amide bonds. The fourth-order valence-electron chi connectivity index (χ4n) is 2.58. The average Bonchev–Trinajstić information content (AvgIpc) is 1.79. The zero-order chi connectivity index (χ0) is 8.98. The Bertz CT molecular complexity index is 232. The van der Waals surface area contributed by atoms with Crippen LogP contribution >= 0.6 is 0 Å². The van der Waals surface area contributed by atoms with Crippen molar-refractivity contribution in [3.8, 4) is 0 Å². The number of ether oxygens (including phenoxy) is 1. The predicted octanol–water partition coefficient (Wildman–Crippen LogP) is 1.70. The molecule has 1 saturated heterocycles. The summed E-state index contributed by atoms with van der Waals surface area (Å²) in [7, 11) is 0. The first kappa shape index (κ1) is 8.27. The van der Waals surface area contributed by atoms with Gasteiger partial charge >= 0.3 is 0 Å². The lowest BCUT2D eigenvalue weighted by atomic mass is 9.59. The zero-order valence-electron chi connectivity index (χ0n) is 7.87. The minimum atomic E-state index is -0.591. The van der Waals surface area contributed by atoms with Gasteiger partial charge in [0, 0.05) is 12.3 Å². The predicted molar refractivity (Wildman–Crippen MR) is 46.5 cm³/mol. The quantitative estimate of drug-likeness (QED) is 0.558. The Hall–Kier alpha value is -0.340. The van der Waals surface area contributed by atoms with E-state index in [1.807, 2.05) is 13.8 Å². The van der Waals surface area contributed by atoms with E-state index in [-0.39, 0.29) is 11.0 Å². The van der Waals surface area contributed by atoms with Crippen molar-refractivity contribution >= 4 is 0 Å². The van der Waals surface area contributed by atoms with Crippen molar-refractivity contribution in [3.63, 3.8) is 0 Å². The highest BCUT2D eigenvalue weighted by molar-refractivity contribution is 5.23. The van der Waals surface area contributed by atoms with Gasteiger partial charge in [0.15, 0.2) is 6.29 Å². The fourth-order valence-corrected chi connectivity index (χ4v) is 2.58. The van der Waals surface area contributed by atoms with E-state index in [0.717, 1.165) is 6.42 Å². The van der Waals surface area contributed by atoms with Gasteiger partial charge in [0.25, 0.3) is 0 Å². The molecule has 0 unspecified atom stereocenters. The average molecular weight is 168 g/mol. The highest BCUT2D eigenvalue weighted by atomic mass is 16.6. The minimum Gasteiger partial charge on any atom is -0.368 e. The number of hydrogen-bond donors (Lipinski definition) is 1. The van der Waals surface area contributed by atoms with Crippen LogP contribution in [0.2, 0.25) is 0 Å². The molecule has 2 heteroatoms. The lowest BCUT2D eigenvalue weighted by Gasteiger charge is -2.54. The van der Waals surface area contributed by atoms with E-state index >= 15 is 0 Å². The molecule has 0 aromatic carbocycles. The van der Waals surface area contributed by atoms with Crippen LogP contribution in [0.5, 0.6) is 0 Å². The van der Waals surface area contributed by atoms with Gasteiger partial charge in [-0.3, -0.25) is 0 Å². The van der Waals surface area contributed by atoms with Crippen molar-refractivity contribution in [3.05, 3.63) is 12.2 Å². The van der Waals surface area contributed by atoms with Crippen LogP contribution in [0.25, 0.3) is 0 Å². The largest absolute Gasteiger partial charge is 0.368 e. The third-order valence-corrected chi connectivity index (χ3v) is 3.18. The molecule has 0 aromatic rings. The van der Waals surface area contributed by atoms with Gasteiger partial charge in [-0.1, -0.05) is 19.1 Å². The Kier molecular flexibility index (Phi) is 1.46. The van der Waals surface area contributed by atoms with E-state index in [1.54, 1.807) is 0 Å². The van der Waals surface area contributed by atoms with Crippen molar-refractivity contribution in [2.24, 2.45) is 11.3 Å². The van der Waals surface area contributed by atoms with Crippen molar-refractivity contribution in [2.45, 2.75) is 39.1 Å². The van der Waals surface area contributed by atoms with Gasteiger partial charge in [-0.15, -0.1) is 0 Å². The van der Waals surface area contributed by atoms with Crippen molar-refractivity contribution in [2.75, 3.05) is 0 Å². The molecule has 0 spiro atoms. The Morgan fingerprint density at radius 2 is 2.08 bits per heavy atom. The van der Waals surface area contributed by atoms with Crippen molar-refractivity contribution < 1.29 is 9.84 Å². The van der Waals surface area contributed by atoms with E-state index < -0.39 is 6.29 Å². The summed E-state index contributed by atoms with van der Waals surface area (Å²) in [6, 6.07) is 0. The lowest BCUT2D eigenvalue weighted by Crippen LogP contribution is -2.54. The van der Waals surface area contributed by atoms with Gasteiger partial charge in [0.2, 0.25) is 0 Å². The highest BCUT2D eigenvalue weighted by Gasteiger charge is 2.52. The summed E-state index contributed by atoms with van der Waals surface area (Å²) in [6.07, 6.45) is 4.51. The SMILES string of the molecule is CC1(C)O[C@H](O)C[C@]2(C)C=C[C@H]12. The summed E-state index contributed by atoms with van der Waals surface area (Å²) in [4.78, 5) is 0. The second kappa shape index (κ2) is 2.12. The second-order valence-electron chi connectivity index (χ2n) is 4.72. The first-order chi connectivity index (χ1) is 5.44. The van der Waals surface area contributed by atoms with Crippen molar-refractivity contribution in [1.29, 1.82) is 0 Å². The first-order valence-electron chi connectivity index (χ1n) is 4.49. The topological polar surface area (TPSA) is 29.5 Å². The maximum absolute atomic E-state index is 9.48. The standard InChI is InChI=1S/C10H16O2/c1-9(2)7-4-5-10(7,3)6-8(11)12-9/h4-5,7-8,11H,6H2,1-3H3/t7-,8+,10+/m1/s1. The van der Waals surface area contributed by atoms with Crippen LogP contribution in [-0.4, -0.2) is 17.0 Å². The van der Waals surface area contributed by atoms with E-state index in [0.29, 0.717) is 5.92 Å². The molecule has 1 N–H and O–H groups in total. The molecule has 68 valence electrons. The lowest BCUT2D eigenvalue weighted by molar-refractivity contribution is -0.248. The summed E-state index contributed by atoms with van der Waals surface area (Å²) in [5.41, 5.74) is -0.0394. The van der Waals surface area contributed by atoms with Gasteiger partial charge < -0.3 is 9.84 Å². The summed E-state index contributed by atoms with van der Waals surface area (Å²) in [5.74, 6) is 0.466. The normalized spacial score (nSPS) is 49.7. The zero-order valence-corrected chi connectivity index (χ0v) is 7.87. The van der Waals surface area contributed by atoms with Crippen LogP contribution in [-0.2, 0) is 4.74 Å². The summed E-state index contributed by atoms with van der Waals surface area (Å²) < 4.78 is 5.48. The third kappa shape index (κ3) is 0.947. The second-order valence-corrected chi connectivity index (χ2v) is 4.72. The number of allylic oxidation sites excluding steroid dienone is 1. The number of aliphatic hydroxyl groups excluding tert-OH is 1. The number of rotatable bonds is 0. The summed E-state index contributed by atoms with van der Waals surface area (Å²) in [5, 5.41) is 9.48. The molecule has 0 bridgehead atoms. The monoisotopic (exact) mass is 168 g/mol. The van der Waals surface area contributed by atoms with E-state index in [1.165, 1.54) is 0 Å². The van der Waals surface area contributed by atoms with Crippen LogP contribution in [0, 0.1) is 11.3 Å². The summed E-state index contributed by atoms with van der Waals surface area (Å²) in [6.45, 7) is 6.27. The summed E-state index contributed by atoms with van der Waals surface area (Å²) >= 11 is 0. The smallest absolute Gasteiger partial charge is 0.156 e. The van der Waals surface area contributed by atoms with Crippen LogP contribution in [0.1, 0.15) is 27.2 Å². The molecule has 1 fully saturated rings. The molecule has 0 aromatic heterocycles. The number of hydrogen-bond acceptors (Lipinski definition) is 2.